The van der Waals surface area contributed by atoms with Crippen LogP contribution in [-0.4, -0.2) is 49.5 Å². The number of guanidine groups is 1. The van der Waals surface area contributed by atoms with E-state index in [1.165, 1.54) is 17.5 Å². The van der Waals surface area contributed by atoms with Gasteiger partial charge in [0.1, 0.15) is 0 Å². The van der Waals surface area contributed by atoms with E-state index in [1.807, 2.05) is 4.90 Å². The Bertz CT molecular complexity index is 603. The molecule has 2 unspecified atom stereocenters. The van der Waals surface area contributed by atoms with Gasteiger partial charge in [-0.2, -0.15) is 0 Å². The minimum absolute atomic E-state index is 0. The molecule has 5 nitrogen and oxygen atoms in total. The summed E-state index contributed by atoms with van der Waals surface area (Å²) in [4.78, 5) is 18.7. The molecule has 0 bridgehead atoms. The largest absolute Gasteiger partial charge is 0.356 e. The van der Waals surface area contributed by atoms with E-state index >= 15 is 0 Å². The number of hydrogen-bond acceptors (Lipinski definition) is 2. The zero-order chi connectivity index (χ0) is 18.9. The fraction of sp³-hybridized carbons (Fsp3) is 0.619. The number of aliphatic imine (C=N–C) groups is 1. The quantitative estimate of drug-likeness (QED) is 0.367. The van der Waals surface area contributed by atoms with Crippen LogP contribution in [-0.2, 0) is 4.79 Å². The lowest BCUT2D eigenvalue weighted by Gasteiger charge is -2.33. The number of nitrogens with zero attached hydrogens (tertiary/aromatic N) is 2. The molecule has 27 heavy (non-hydrogen) atoms. The maximum Gasteiger partial charge on any atom is 0.224 e. The highest BCUT2D eigenvalue weighted by molar-refractivity contribution is 14.0. The number of nitrogens with one attached hydrogen (secondary N) is 2. The van der Waals surface area contributed by atoms with Crippen LogP contribution in [0, 0.1) is 6.92 Å². The van der Waals surface area contributed by atoms with E-state index in [1.54, 1.807) is 7.05 Å². The molecule has 1 aliphatic heterocycles. The lowest BCUT2D eigenvalue weighted by atomic mass is 10.0. The van der Waals surface area contributed by atoms with E-state index in [-0.39, 0.29) is 29.9 Å². The SMILES string of the molecule is CN=C(NCCC(=O)N1CCCCC1C)NCC(C)c1ccc(C)cc1.I. The monoisotopic (exact) mass is 486 g/mol. The first-order chi connectivity index (χ1) is 12.5. The summed E-state index contributed by atoms with van der Waals surface area (Å²) in [5.74, 6) is 1.39. The topological polar surface area (TPSA) is 56.7 Å². The predicted molar refractivity (Wildman–Crippen MR) is 124 cm³/mol. The molecule has 1 heterocycles. The zero-order valence-corrected chi connectivity index (χ0v) is 19.5. The second-order valence-electron chi connectivity index (χ2n) is 7.37. The lowest BCUT2D eigenvalue weighted by molar-refractivity contribution is -0.134. The summed E-state index contributed by atoms with van der Waals surface area (Å²) in [5, 5.41) is 6.62. The summed E-state index contributed by atoms with van der Waals surface area (Å²) < 4.78 is 0. The van der Waals surface area contributed by atoms with E-state index in [0.29, 0.717) is 24.9 Å². The first-order valence-corrected chi connectivity index (χ1v) is 9.81. The van der Waals surface area contributed by atoms with E-state index in [2.05, 4.69) is 60.7 Å². The molecular formula is C21H35IN4O. The number of rotatable bonds is 6. The summed E-state index contributed by atoms with van der Waals surface area (Å²) in [6.07, 6.45) is 4.00. The second-order valence-corrected chi connectivity index (χ2v) is 7.37. The highest BCUT2D eigenvalue weighted by atomic mass is 127. The Morgan fingerprint density at radius 2 is 1.96 bits per heavy atom. The van der Waals surface area contributed by atoms with Gasteiger partial charge >= 0.3 is 0 Å². The Kier molecular flexibility index (Phi) is 10.7. The fourth-order valence-corrected chi connectivity index (χ4v) is 3.38. The van der Waals surface area contributed by atoms with Crippen LogP contribution in [0.4, 0.5) is 0 Å². The first-order valence-electron chi connectivity index (χ1n) is 9.81. The maximum atomic E-state index is 12.4. The van der Waals surface area contributed by atoms with Crippen molar-refractivity contribution in [2.45, 2.75) is 58.4 Å². The van der Waals surface area contributed by atoms with Crippen LogP contribution >= 0.6 is 24.0 Å². The van der Waals surface area contributed by atoms with Crippen LogP contribution in [0.3, 0.4) is 0 Å². The number of likely N-dealkylation sites (tertiary alicyclic amines) is 1. The van der Waals surface area contributed by atoms with Crippen molar-refractivity contribution in [1.29, 1.82) is 0 Å². The van der Waals surface area contributed by atoms with Gasteiger partial charge in [0, 0.05) is 39.1 Å². The van der Waals surface area contributed by atoms with Gasteiger partial charge in [-0.3, -0.25) is 9.79 Å². The number of benzene rings is 1. The molecule has 152 valence electrons. The average molecular weight is 486 g/mol. The van der Waals surface area contributed by atoms with Gasteiger partial charge in [-0.15, -0.1) is 24.0 Å². The molecule has 0 radical (unpaired) electrons. The number of halogens is 1. The molecule has 0 saturated carbocycles. The number of carbonyl (C=O) groups excluding carboxylic acids is 1. The second kappa shape index (κ2) is 12.2. The molecule has 0 spiro atoms. The maximum absolute atomic E-state index is 12.4. The Balaban J connectivity index is 0.00000364. The van der Waals surface area contributed by atoms with Crippen molar-refractivity contribution in [1.82, 2.24) is 15.5 Å². The number of carbonyl (C=O) groups is 1. The normalized spacial score (nSPS) is 18.4. The Morgan fingerprint density at radius 1 is 1.26 bits per heavy atom. The van der Waals surface area contributed by atoms with Crippen LogP contribution in [0.2, 0.25) is 0 Å². The molecule has 6 heteroatoms. The van der Waals surface area contributed by atoms with Crippen molar-refractivity contribution in [3.05, 3.63) is 35.4 Å². The smallest absolute Gasteiger partial charge is 0.224 e. The molecule has 1 fully saturated rings. The van der Waals surface area contributed by atoms with E-state index in [9.17, 15) is 4.79 Å². The molecule has 1 aliphatic rings. The minimum atomic E-state index is 0. The molecule has 0 aromatic heterocycles. The highest BCUT2D eigenvalue weighted by Crippen LogP contribution is 2.17. The van der Waals surface area contributed by atoms with Crippen molar-refractivity contribution in [3.63, 3.8) is 0 Å². The summed E-state index contributed by atoms with van der Waals surface area (Å²) in [5.41, 5.74) is 2.59. The van der Waals surface area contributed by atoms with E-state index in [4.69, 9.17) is 0 Å². The van der Waals surface area contributed by atoms with Crippen LogP contribution in [0.25, 0.3) is 0 Å². The number of hydrogen-bond donors (Lipinski definition) is 2. The van der Waals surface area contributed by atoms with Gasteiger partial charge in [0.15, 0.2) is 5.96 Å². The van der Waals surface area contributed by atoms with E-state index < -0.39 is 0 Å². The van der Waals surface area contributed by atoms with Crippen molar-refractivity contribution >= 4 is 35.8 Å². The summed E-state index contributed by atoms with van der Waals surface area (Å²) in [6.45, 7) is 8.77. The van der Waals surface area contributed by atoms with Crippen molar-refractivity contribution in [3.8, 4) is 0 Å². The van der Waals surface area contributed by atoms with Crippen LogP contribution in [0.15, 0.2) is 29.3 Å². The van der Waals surface area contributed by atoms with Gasteiger partial charge in [-0.25, -0.2) is 0 Å². The summed E-state index contributed by atoms with van der Waals surface area (Å²) in [7, 11) is 1.76. The number of amides is 1. The van der Waals surface area contributed by atoms with Crippen molar-refractivity contribution < 1.29 is 4.79 Å². The number of aryl methyl sites for hydroxylation is 1. The molecule has 2 N–H and O–H groups in total. The Labute approximate surface area is 181 Å². The van der Waals surface area contributed by atoms with Crippen LogP contribution < -0.4 is 10.6 Å². The average Bonchev–Trinajstić information content (AvgIpc) is 2.65. The first kappa shape index (κ1) is 23.7. The highest BCUT2D eigenvalue weighted by Gasteiger charge is 2.22. The van der Waals surface area contributed by atoms with Crippen LogP contribution in [0.1, 0.15) is 56.6 Å². The van der Waals surface area contributed by atoms with Gasteiger partial charge in [0.2, 0.25) is 5.91 Å². The molecule has 1 amide bonds. The minimum Gasteiger partial charge on any atom is -0.356 e. The van der Waals surface area contributed by atoms with Gasteiger partial charge in [-0.1, -0.05) is 36.8 Å². The molecule has 0 aliphatic carbocycles. The third-order valence-corrected chi connectivity index (χ3v) is 5.20. The number of piperidine rings is 1. The predicted octanol–water partition coefficient (Wildman–Crippen LogP) is 3.67. The van der Waals surface area contributed by atoms with Crippen LogP contribution in [0.5, 0.6) is 0 Å². The molecule has 2 atom stereocenters. The lowest BCUT2D eigenvalue weighted by Crippen LogP contribution is -2.44. The third-order valence-electron chi connectivity index (χ3n) is 5.20. The van der Waals surface area contributed by atoms with Gasteiger partial charge in [-0.05, 0) is 44.6 Å². The molecule has 1 saturated heterocycles. The summed E-state index contributed by atoms with van der Waals surface area (Å²) in [6, 6.07) is 9.02. The molecular weight excluding hydrogens is 451 g/mol. The zero-order valence-electron chi connectivity index (χ0n) is 17.1. The van der Waals surface area contributed by atoms with Gasteiger partial charge < -0.3 is 15.5 Å². The molecule has 1 aromatic carbocycles. The Hall–Kier alpha value is -1.31. The fourth-order valence-electron chi connectivity index (χ4n) is 3.38. The van der Waals surface area contributed by atoms with Gasteiger partial charge in [0.05, 0.1) is 0 Å². The third kappa shape index (κ3) is 7.68. The summed E-state index contributed by atoms with van der Waals surface area (Å²) >= 11 is 0. The van der Waals surface area contributed by atoms with Gasteiger partial charge in [0.25, 0.3) is 0 Å². The van der Waals surface area contributed by atoms with Crippen molar-refractivity contribution in [2.24, 2.45) is 4.99 Å². The molecule has 2 rings (SSSR count). The van der Waals surface area contributed by atoms with E-state index in [0.717, 1.165) is 31.9 Å². The Morgan fingerprint density at radius 3 is 2.59 bits per heavy atom. The van der Waals surface area contributed by atoms with Crippen molar-refractivity contribution in [2.75, 3.05) is 26.7 Å². The molecule has 1 aromatic rings. The standard InChI is InChI=1S/C21H34N4O.HI/c1-16-8-10-19(11-9-16)17(2)15-24-21(22-4)23-13-12-20(26)25-14-6-5-7-18(25)3;/h8-11,17-18H,5-7,12-15H2,1-4H3,(H2,22,23,24);1H.